The van der Waals surface area contributed by atoms with Crippen molar-refractivity contribution in [2.75, 3.05) is 0 Å². The molecule has 3 aromatic rings. The first-order chi connectivity index (χ1) is 18.0. The molecule has 192 valence electrons. The third kappa shape index (κ3) is 5.99. The van der Waals surface area contributed by atoms with Gasteiger partial charge in [-0.1, -0.05) is 41.4 Å². The lowest BCUT2D eigenvalue weighted by Gasteiger charge is -2.13. The normalized spacial score (nSPS) is 14.2. The molecule has 2 amide bonds. The lowest BCUT2D eigenvalue weighted by Crippen LogP contribution is -2.27. The standard InChI is InChI=1S/C24H13Cl2N3O8S/c25-19-5-4-14(7-20(19)26)12-27-22(30)21(38-24(27)32)8-13-2-1-3-18(6-13)37-23(31)15-9-16(28(33)34)11-17(10-15)29(35)36/h1-11H,12H2/b21-8-. The van der Waals surface area contributed by atoms with Gasteiger partial charge in [0.05, 0.1) is 43.0 Å². The number of nitrogens with zero attached hydrogens (tertiary/aromatic N) is 3. The Morgan fingerprint density at radius 2 is 1.63 bits per heavy atom. The largest absolute Gasteiger partial charge is 0.423 e. The summed E-state index contributed by atoms with van der Waals surface area (Å²) in [5, 5.41) is 22.3. The number of halogens is 2. The predicted molar refractivity (Wildman–Crippen MR) is 139 cm³/mol. The number of amides is 2. The number of ether oxygens (including phenoxy) is 1. The Bertz CT molecular complexity index is 1530. The van der Waals surface area contributed by atoms with Gasteiger partial charge in [0, 0.05) is 12.1 Å². The Morgan fingerprint density at radius 1 is 0.947 bits per heavy atom. The van der Waals surface area contributed by atoms with Gasteiger partial charge in [0.2, 0.25) is 0 Å². The molecule has 0 N–H and O–H groups in total. The van der Waals surface area contributed by atoms with Crippen LogP contribution in [0, 0.1) is 20.2 Å². The predicted octanol–water partition coefficient (Wildman–Crippen LogP) is 6.27. The second-order valence-corrected chi connectivity index (χ2v) is 9.54. The van der Waals surface area contributed by atoms with Crippen LogP contribution in [0.25, 0.3) is 6.08 Å². The second kappa shape index (κ2) is 11.0. The molecule has 1 fully saturated rings. The number of rotatable bonds is 7. The van der Waals surface area contributed by atoms with Crippen LogP contribution in [0.3, 0.4) is 0 Å². The van der Waals surface area contributed by atoms with Gasteiger partial charge < -0.3 is 4.74 Å². The summed E-state index contributed by atoms with van der Waals surface area (Å²) in [6, 6.07) is 13.2. The quantitative estimate of drug-likeness (QED) is 0.105. The topological polar surface area (TPSA) is 150 Å². The molecular weight excluding hydrogens is 561 g/mol. The Morgan fingerprint density at radius 3 is 2.26 bits per heavy atom. The van der Waals surface area contributed by atoms with E-state index in [1.807, 2.05) is 0 Å². The molecule has 4 rings (SSSR count). The van der Waals surface area contributed by atoms with Crippen molar-refractivity contribution >= 4 is 69.5 Å². The third-order valence-corrected chi connectivity index (χ3v) is 6.77. The third-order valence-electron chi connectivity index (χ3n) is 5.12. The zero-order chi connectivity index (χ0) is 27.6. The molecular formula is C24H13Cl2N3O8S. The number of non-ortho nitro benzene ring substituents is 2. The Labute approximate surface area is 227 Å². The van der Waals surface area contributed by atoms with Gasteiger partial charge in [-0.3, -0.25) is 34.7 Å². The van der Waals surface area contributed by atoms with Crippen LogP contribution >= 0.6 is 35.0 Å². The number of esters is 1. The van der Waals surface area contributed by atoms with Gasteiger partial charge >= 0.3 is 5.97 Å². The summed E-state index contributed by atoms with van der Waals surface area (Å²) < 4.78 is 5.24. The zero-order valence-corrected chi connectivity index (χ0v) is 21.2. The zero-order valence-electron chi connectivity index (χ0n) is 18.8. The van der Waals surface area contributed by atoms with E-state index < -0.39 is 38.3 Å². The molecule has 0 aromatic heterocycles. The maximum atomic E-state index is 12.9. The van der Waals surface area contributed by atoms with E-state index in [0.29, 0.717) is 16.1 Å². The highest BCUT2D eigenvalue weighted by atomic mass is 35.5. The van der Waals surface area contributed by atoms with E-state index in [9.17, 15) is 34.6 Å². The van der Waals surface area contributed by atoms with Crippen molar-refractivity contribution in [3.05, 3.63) is 113 Å². The fourth-order valence-corrected chi connectivity index (χ4v) is 4.52. The Balaban J connectivity index is 1.52. The number of thioether (sulfide) groups is 1. The molecule has 11 nitrogen and oxygen atoms in total. The minimum Gasteiger partial charge on any atom is -0.423 e. The van der Waals surface area contributed by atoms with E-state index in [1.165, 1.54) is 24.3 Å². The first kappa shape index (κ1) is 26.8. The van der Waals surface area contributed by atoms with Crippen molar-refractivity contribution in [2.45, 2.75) is 6.54 Å². The number of nitro groups is 2. The molecule has 0 unspecified atom stereocenters. The first-order valence-electron chi connectivity index (χ1n) is 10.5. The maximum Gasteiger partial charge on any atom is 0.344 e. The van der Waals surface area contributed by atoms with E-state index >= 15 is 0 Å². The van der Waals surface area contributed by atoms with Crippen LogP contribution in [0.2, 0.25) is 10.0 Å². The van der Waals surface area contributed by atoms with Crippen LogP contribution in [0.1, 0.15) is 21.5 Å². The van der Waals surface area contributed by atoms with Crippen LogP contribution < -0.4 is 4.74 Å². The number of hydrogen-bond donors (Lipinski definition) is 0. The number of hydrogen-bond acceptors (Lipinski definition) is 9. The van der Waals surface area contributed by atoms with E-state index in [1.54, 1.807) is 24.3 Å². The molecule has 0 spiro atoms. The highest BCUT2D eigenvalue weighted by Gasteiger charge is 2.35. The molecule has 0 aliphatic carbocycles. The summed E-state index contributed by atoms with van der Waals surface area (Å²) in [7, 11) is 0. The number of imide groups is 1. The first-order valence-corrected chi connectivity index (χ1v) is 12.0. The smallest absolute Gasteiger partial charge is 0.344 e. The molecule has 3 aromatic carbocycles. The highest BCUT2D eigenvalue weighted by Crippen LogP contribution is 2.34. The number of nitro benzene ring substituents is 2. The van der Waals surface area contributed by atoms with Gasteiger partial charge in [0.1, 0.15) is 5.75 Å². The number of benzene rings is 3. The Kier molecular flexibility index (Phi) is 7.76. The maximum absolute atomic E-state index is 12.9. The van der Waals surface area contributed by atoms with Crippen LogP contribution in [0.4, 0.5) is 16.2 Å². The van der Waals surface area contributed by atoms with Crippen molar-refractivity contribution in [2.24, 2.45) is 0 Å². The van der Waals surface area contributed by atoms with Crippen molar-refractivity contribution in [3.8, 4) is 5.75 Å². The molecule has 0 atom stereocenters. The van der Waals surface area contributed by atoms with Gasteiger partial charge in [0.15, 0.2) is 0 Å². The molecule has 38 heavy (non-hydrogen) atoms. The summed E-state index contributed by atoms with van der Waals surface area (Å²) in [5.41, 5.74) is -0.647. The summed E-state index contributed by atoms with van der Waals surface area (Å²) >= 11 is 12.6. The highest BCUT2D eigenvalue weighted by molar-refractivity contribution is 8.18. The molecule has 1 aliphatic heterocycles. The van der Waals surface area contributed by atoms with Gasteiger partial charge in [-0.15, -0.1) is 0 Å². The summed E-state index contributed by atoms with van der Waals surface area (Å²) in [6.45, 7) is -0.00804. The molecule has 1 heterocycles. The van der Waals surface area contributed by atoms with Gasteiger partial charge in [-0.05, 0) is 53.2 Å². The molecule has 0 radical (unpaired) electrons. The van der Waals surface area contributed by atoms with Crippen LogP contribution in [-0.4, -0.2) is 31.9 Å². The van der Waals surface area contributed by atoms with E-state index in [0.717, 1.165) is 34.9 Å². The van der Waals surface area contributed by atoms with Crippen LogP contribution in [0.5, 0.6) is 5.75 Å². The SMILES string of the molecule is O=C(Oc1cccc(/C=C2\SC(=O)N(Cc3ccc(Cl)c(Cl)c3)C2=O)c1)c1cc([N+](=O)[O-])cc([N+](=O)[O-])c1. The fourth-order valence-electron chi connectivity index (χ4n) is 3.37. The minimum absolute atomic E-state index is 0.00736. The summed E-state index contributed by atoms with van der Waals surface area (Å²) in [4.78, 5) is 59.5. The lowest BCUT2D eigenvalue weighted by atomic mass is 10.1. The number of carbonyl (C=O) groups is 3. The number of carbonyl (C=O) groups excluding carboxylic acids is 3. The fraction of sp³-hybridized carbons (Fsp3) is 0.0417. The summed E-state index contributed by atoms with van der Waals surface area (Å²) in [5.74, 6) is -1.58. The van der Waals surface area contributed by atoms with Crippen molar-refractivity contribution in [1.29, 1.82) is 0 Å². The molecule has 1 aliphatic rings. The van der Waals surface area contributed by atoms with E-state index in [2.05, 4.69) is 0 Å². The molecule has 14 heteroatoms. The summed E-state index contributed by atoms with van der Waals surface area (Å²) in [6.07, 6.45) is 1.44. The van der Waals surface area contributed by atoms with Crippen LogP contribution in [0.15, 0.2) is 65.6 Å². The molecule has 0 saturated carbocycles. The van der Waals surface area contributed by atoms with Crippen LogP contribution in [-0.2, 0) is 11.3 Å². The van der Waals surface area contributed by atoms with Gasteiger partial charge in [-0.2, -0.15) is 0 Å². The average Bonchev–Trinajstić information content (AvgIpc) is 3.13. The molecule has 1 saturated heterocycles. The van der Waals surface area contributed by atoms with Crippen molar-refractivity contribution in [3.63, 3.8) is 0 Å². The van der Waals surface area contributed by atoms with E-state index in [4.69, 9.17) is 27.9 Å². The van der Waals surface area contributed by atoms with E-state index in [-0.39, 0.29) is 27.8 Å². The van der Waals surface area contributed by atoms with Gasteiger partial charge in [-0.25, -0.2) is 4.79 Å². The van der Waals surface area contributed by atoms with Crippen molar-refractivity contribution < 1.29 is 29.0 Å². The lowest BCUT2D eigenvalue weighted by molar-refractivity contribution is -0.394. The molecule has 0 bridgehead atoms. The second-order valence-electron chi connectivity index (χ2n) is 7.73. The van der Waals surface area contributed by atoms with Gasteiger partial charge in [0.25, 0.3) is 22.5 Å². The average molecular weight is 574 g/mol. The minimum atomic E-state index is -1.06. The van der Waals surface area contributed by atoms with Crippen molar-refractivity contribution in [1.82, 2.24) is 4.90 Å². The Hall–Kier alpha value is -4.26. The monoisotopic (exact) mass is 573 g/mol.